The van der Waals surface area contributed by atoms with E-state index in [9.17, 15) is 5.11 Å². The van der Waals surface area contributed by atoms with Gasteiger partial charge in [0.25, 0.3) is 0 Å². The molecule has 4 fully saturated rings. The van der Waals surface area contributed by atoms with Gasteiger partial charge in [0, 0.05) is 12.5 Å². The Labute approximate surface area is 156 Å². The second kappa shape index (κ2) is 5.88. The van der Waals surface area contributed by atoms with Crippen LogP contribution in [0.15, 0.2) is 0 Å². The zero-order valence-corrected chi connectivity index (χ0v) is 16.9. The smallest absolute Gasteiger partial charge is 0.198 e. The van der Waals surface area contributed by atoms with Crippen molar-refractivity contribution in [3.8, 4) is 0 Å². The van der Waals surface area contributed by atoms with E-state index < -0.39 is 23.0 Å². The minimum Gasteiger partial charge on any atom is -0.387 e. The van der Waals surface area contributed by atoms with Crippen molar-refractivity contribution in [2.24, 2.45) is 11.8 Å². The molecule has 0 aromatic carbocycles. The molecule has 1 aliphatic carbocycles. The minimum absolute atomic E-state index is 0.114. The van der Waals surface area contributed by atoms with E-state index in [2.05, 4.69) is 0 Å². The molecule has 3 heterocycles. The summed E-state index contributed by atoms with van der Waals surface area (Å²) < 4.78 is 31.4. The molecule has 9 atom stereocenters. The van der Waals surface area contributed by atoms with Gasteiger partial charge in [0.05, 0.1) is 11.7 Å². The summed E-state index contributed by atoms with van der Waals surface area (Å²) in [5.41, 5.74) is -0.770. The maximum Gasteiger partial charge on any atom is 0.198 e. The molecule has 0 aromatic rings. The van der Waals surface area contributed by atoms with Gasteiger partial charge < -0.3 is 28.8 Å². The standard InChI is InChI=1S/C20H34O6/c1-7-20(21)10-9-15(23-12(20)3)18(5)24-16-13-11-14(13)17(4,22-8-2)25-19(16,6)26-18/h12-16,21H,7-11H2,1-6H3. The summed E-state index contributed by atoms with van der Waals surface area (Å²) in [6.07, 6.45) is 2.50. The third kappa shape index (κ3) is 2.68. The lowest BCUT2D eigenvalue weighted by molar-refractivity contribution is -0.381. The SMILES string of the molecule is CCOC1(C)OC2(C)OC(C)(C3CCC(O)(CC)C(C)O3)OC2C2CC21. The van der Waals surface area contributed by atoms with Crippen LogP contribution in [0.2, 0.25) is 0 Å². The normalized spacial score (nSPS) is 59.0. The summed E-state index contributed by atoms with van der Waals surface area (Å²) in [4.78, 5) is 0. The quantitative estimate of drug-likeness (QED) is 0.821. The monoisotopic (exact) mass is 370 g/mol. The van der Waals surface area contributed by atoms with Crippen molar-refractivity contribution in [2.45, 2.75) is 108 Å². The Morgan fingerprint density at radius 2 is 1.85 bits per heavy atom. The molecule has 26 heavy (non-hydrogen) atoms. The fraction of sp³-hybridized carbons (Fsp3) is 1.00. The highest BCUT2D eigenvalue weighted by atomic mass is 16.9. The molecule has 0 radical (unpaired) electrons. The van der Waals surface area contributed by atoms with Gasteiger partial charge in [-0.2, -0.15) is 0 Å². The van der Waals surface area contributed by atoms with E-state index in [1.807, 2.05) is 41.5 Å². The first-order valence-corrected chi connectivity index (χ1v) is 10.2. The molecule has 1 saturated carbocycles. The molecule has 150 valence electrons. The predicted octanol–water partition coefficient (Wildman–Crippen LogP) is 2.96. The molecule has 3 saturated heterocycles. The van der Waals surface area contributed by atoms with Crippen LogP contribution < -0.4 is 0 Å². The van der Waals surface area contributed by atoms with Crippen molar-refractivity contribution < 1.29 is 28.8 Å². The fourth-order valence-corrected chi connectivity index (χ4v) is 5.47. The molecule has 6 heteroatoms. The predicted molar refractivity (Wildman–Crippen MR) is 94.3 cm³/mol. The van der Waals surface area contributed by atoms with E-state index in [0.717, 1.165) is 6.42 Å². The van der Waals surface area contributed by atoms with Crippen LogP contribution in [-0.2, 0) is 23.7 Å². The first kappa shape index (κ1) is 19.1. The van der Waals surface area contributed by atoms with Crippen LogP contribution >= 0.6 is 0 Å². The Hall–Kier alpha value is -0.240. The zero-order valence-electron chi connectivity index (χ0n) is 16.9. The maximum absolute atomic E-state index is 10.7. The van der Waals surface area contributed by atoms with Gasteiger partial charge in [-0.05, 0) is 66.2 Å². The molecule has 0 amide bonds. The van der Waals surface area contributed by atoms with Gasteiger partial charge in [0.1, 0.15) is 12.2 Å². The maximum atomic E-state index is 10.7. The van der Waals surface area contributed by atoms with Crippen LogP contribution in [-0.4, -0.2) is 53.0 Å². The second-order valence-corrected chi connectivity index (χ2v) is 8.99. The number of ether oxygens (including phenoxy) is 5. The molecule has 1 N–H and O–H groups in total. The first-order valence-electron chi connectivity index (χ1n) is 10.2. The minimum atomic E-state index is -0.882. The summed E-state index contributed by atoms with van der Waals surface area (Å²) in [5, 5.41) is 10.7. The highest BCUT2D eigenvalue weighted by Crippen LogP contribution is 2.63. The average molecular weight is 370 g/mol. The van der Waals surface area contributed by atoms with E-state index in [0.29, 0.717) is 37.7 Å². The Morgan fingerprint density at radius 1 is 1.12 bits per heavy atom. The van der Waals surface area contributed by atoms with Gasteiger partial charge in [-0.15, -0.1) is 0 Å². The van der Waals surface area contributed by atoms with Crippen LogP contribution in [0, 0.1) is 11.8 Å². The Kier molecular flexibility index (Phi) is 4.32. The van der Waals surface area contributed by atoms with Crippen molar-refractivity contribution in [1.82, 2.24) is 0 Å². The lowest BCUT2D eigenvalue weighted by Gasteiger charge is -2.46. The van der Waals surface area contributed by atoms with Gasteiger partial charge in [0.15, 0.2) is 17.4 Å². The summed E-state index contributed by atoms with van der Waals surface area (Å²) in [7, 11) is 0. The summed E-state index contributed by atoms with van der Waals surface area (Å²) in [6, 6.07) is 0. The van der Waals surface area contributed by atoms with Crippen LogP contribution in [0.1, 0.15) is 67.2 Å². The van der Waals surface area contributed by atoms with E-state index in [-0.39, 0.29) is 18.3 Å². The largest absolute Gasteiger partial charge is 0.387 e. The lowest BCUT2D eigenvalue weighted by atomic mass is 9.84. The molecule has 4 rings (SSSR count). The van der Waals surface area contributed by atoms with Crippen molar-refractivity contribution >= 4 is 0 Å². The molecular formula is C20H34O6. The van der Waals surface area contributed by atoms with E-state index in [1.54, 1.807) is 0 Å². The molecule has 0 aromatic heterocycles. The molecule has 4 aliphatic rings. The molecular weight excluding hydrogens is 336 g/mol. The number of hydrogen-bond donors (Lipinski definition) is 1. The lowest BCUT2D eigenvalue weighted by Crippen LogP contribution is -2.56. The Morgan fingerprint density at radius 3 is 2.46 bits per heavy atom. The summed E-state index contributed by atoms with van der Waals surface area (Å²) >= 11 is 0. The number of fused-ring (bicyclic) bond motifs is 3. The van der Waals surface area contributed by atoms with Crippen molar-refractivity contribution in [3.05, 3.63) is 0 Å². The van der Waals surface area contributed by atoms with Crippen molar-refractivity contribution in [1.29, 1.82) is 0 Å². The van der Waals surface area contributed by atoms with Crippen molar-refractivity contribution in [3.63, 3.8) is 0 Å². The fourth-order valence-electron chi connectivity index (χ4n) is 5.47. The second-order valence-electron chi connectivity index (χ2n) is 8.99. The molecule has 3 aliphatic heterocycles. The summed E-state index contributed by atoms with van der Waals surface area (Å²) in [6.45, 7) is 12.5. The highest BCUT2D eigenvalue weighted by Gasteiger charge is 2.72. The molecule has 0 bridgehead atoms. The molecule has 6 nitrogen and oxygen atoms in total. The Balaban J connectivity index is 1.53. The van der Waals surface area contributed by atoms with E-state index in [4.69, 9.17) is 23.7 Å². The topological polar surface area (TPSA) is 66.4 Å². The summed E-state index contributed by atoms with van der Waals surface area (Å²) in [5.74, 6) is -1.61. The van der Waals surface area contributed by atoms with Gasteiger partial charge >= 0.3 is 0 Å². The third-order valence-electron chi connectivity index (χ3n) is 7.18. The van der Waals surface area contributed by atoms with Crippen LogP contribution in [0.25, 0.3) is 0 Å². The van der Waals surface area contributed by atoms with Gasteiger partial charge in [-0.25, -0.2) is 0 Å². The van der Waals surface area contributed by atoms with Crippen LogP contribution in [0.5, 0.6) is 0 Å². The number of rotatable bonds is 4. The average Bonchev–Trinajstić information content (AvgIpc) is 3.31. The van der Waals surface area contributed by atoms with Gasteiger partial charge in [-0.1, -0.05) is 6.92 Å². The number of aliphatic hydroxyl groups is 1. The molecule has 9 unspecified atom stereocenters. The van der Waals surface area contributed by atoms with Crippen LogP contribution in [0.4, 0.5) is 0 Å². The van der Waals surface area contributed by atoms with Crippen molar-refractivity contribution in [2.75, 3.05) is 6.61 Å². The third-order valence-corrected chi connectivity index (χ3v) is 7.18. The van der Waals surface area contributed by atoms with E-state index in [1.165, 1.54) is 0 Å². The van der Waals surface area contributed by atoms with Gasteiger partial charge in [0.2, 0.25) is 0 Å². The zero-order chi connectivity index (χ0) is 19.0. The first-order chi connectivity index (χ1) is 12.1. The van der Waals surface area contributed by atoms with E-state index >= 15 is 0 Å². The highest BCUT2D eigenvalue weighted by molar-refractivity contribution is 5.11. The van der Waals surface area contributed by atoms with Gasteiger partial charge in [-0.3, -0.25) is 0 Å². The van der Waals surface area contributed by atoms with Crippen LogP contribution in [0.3, 0.4) is 0 Å². The Bertz CT molecular complexity index is 571. The molecule has 0 spiro atoms. The number of hydrogen-bond acceptors (Lipinski definition) is 6.